The highest BCUT2D eigenvalue weighted by Crippen LogP contribution is 2.23. The molecule has 0 N–H and O–H groups in total. The molecule has 6 heteroatoms. The number of hydrogen-bond acceptors (Lipinski definition) is 5. The minimum Gasteiger partial charge on any atom is -0.494 e. The average molecular weight is 369 g/mol. The van der Waals surface area contributed by atoms with Crippen molar-refractivity contribution >= 4 is 11.9 Å². The maximum atomic E-state index is 13.0. The molecule has 3 rings (SSSR count). The van der Waals surface area contributed by atoms with Crippen LogP contribution >= 0.6 is 0 Å². The van der Waals surface area contributed by atoms with E-state index in [1.54, 1.807) is 41.3 Å². The Labute approximate surface area is 158 Å². The van der Waals surface area contributed by atoms with Gasteiger partial charge in [0.25, 0.3) is 5.91 Å². The van der Waals surface area contributed by atoms with Crippen molar-refractivity contribution in [3.63, 3.8) is 0 Å². The lowest BCUT2D eigenvalue weighted by Crippen LogP contribution is -2.44. The monoisotopic (exact) mass is 369 g/mol. The minimum absolute atomic E-state index is 0.233. The van der Waals surface area contributed by atoms with Gasteiger partial charge in [-0.3, -0.25) is 4.79 Å². The highest BCUT2D eigenvalue weighted by atomic mass is 16.5. The SMILES string of the molecule is CCOc1ccc(C(=O)O[C@@H](C(=O)N2CCOCC2)c2ccccc2)cc1. The Morgan fingerprint density at radius 3 is 2.33 bits per heavy atom. The lowest BCUT2D eigenvalue weighted by atomic mass is 10.1. The summed E-state index contributed by atoms with van der Waals surface area (Å²) < 4.78 is 16.3. The highest BCUT2D eigenvalue weighted by molar-refractivity contribution is 5.92. The van der Waals surface area contributed by atoms with Crippen LogP contribution in [0.3, 0.4) is 0 Å². The van der Waals surface area contributed by atoms with Gasteiger partial charge < -0.3 is 19.1 Å². The first-order chi connectivity index (χ1) is 13.2. The van der Waals surface area contributed by atoms with Crippen molar-refractivity contribution in [1.82, 2.24) is 4.90 Å². The van der Waals surface area contributed by atoms with Crippen molar-refractivity contribution in [3.8, 4) is 5.75 Å². The Bertz CT molecular complexity index is 754. The molecule has 0 aromatic heterocycles. The molecule has 0 radical (unpaired) electrons. The van der Waals surface area contributed by atoms with Crippen LogP contribution in [0, 0.1) is 0 Å². The molecule has 1 amide bonds. The third-order valence-electron chi connectivity index (χ3n) is 4.28. The van der Waals surface area contributed by atoms with Crippen molar-refractivity contribution < 1.29 is 23.8 Å². The molecule has 1 fully saturated rings. The normalized spacial score (nSPS) is 15.1. The molecule has 1 saturated heterocycles. The van der Waals surface area contributed by atoms with Gasteiger partial charge in [-0.15, -0.1) is 0 Å². The number of esters is 1. The van der Waals surface area contributed by atoms with Gasteiger partial charge in [0.15, 0.2) is 0 Å². The molecular weight excluding hydrogens is 346 g/mol. The van der Waals surface area contributed by atoms with Gasteiger partial charge in [0.2, 0.25) is 6.10 Å². The molecule has 2 aromatic rings. The third-order valence-corrected chi connectivity index (χ3v) is 4.28. The first-order valence-corrected chi connectivity index (χ1v) is 9.04. The average Bonchev–Trinajstić information content (AvgIpc) is 2.73. The van der Waals surface area contributed by atoms with Gasteiger partial charge in [-0.05, 0) is 31.2 Å². The quantitative estimate of drug-likeness (QED) is 0.733. The van der Waals surface area contributed by atoms with E-state index in [1.165, 1.54) is 0 Å². The molecule has 27 heavy (non-hydrogen) atoms. The van der Waals surface area contributed by atoms with E-state index in [9.17, 15) is 9.59 Å². The molecule has 1 atom stereocenters. The number of hydrogen-bond donors (Lipinski definition) is 0. The first kappa shape index (κ1) is 18.9. The second-order valence-electron chi connectivity index (χ2n) is 6.09. The summed E-state index contributed by atoms with van der Waals surface area (Å²) in [6, 6.07) is 15.8. The molecule has 142 valence electrons. The lowest BCUT2D eigenvalue weighted by molar-refractivity contribution is -0.145. The maximum absolute atomic E-state index is 13.0. The number of benzene rings is 2. The predicted molar refractivity (Wildman–Crippen MR) is 99.6 cm³/mol. The molecule has 0 unspecified atom stereocenters. The molecule has 1 aliphatic rings. The van der Waals surface area contributed by atoms with Crippen LogP contribution in [0.25, 0.3) is 0 Å². The van der Waals surface area contributed by atoms with Crippen LogP contribution in [0.1, 0.15) is 28.9 Å². The molecule has 0 bridgehead atoms. The largest absolute Gasteiger partial charge is 0.494 e. The van der Waals surface area contributed by atoms with Gasteiger partial charge in [-0.2, -0.15) is 0 Å². The number of amides is 1. The van der Waals surface area contributed by atoms with Crippen LogP contribution in [0.15, 0.2) is 54.6 Å². The van der Waals surface area contributed by atoms with E-state index in [-0.39, 0.29) is 5.91 Å². The molecule has 1 aliphatic heterocycles. The highest BCUT2D eigenvalue weighted by Gasteiger charge is 2.30. The summed E-state index contributed by atoms with van der Waals surface area (Å²) in [5, 5.41) is 0. The number of carbonyl (C=O) groups excluding carboxylic acids is 2. The summed E-state index contributed by atoms with van der Waals surface area (Å²) in [6.07, 6.45) is -0.983. The van der Waals surface area contributed by atoms with E-state index in [4.69, 9.17) is 14.2 Å². The minimum atomic E-state index is -0.983. The Morgan fingerprint density at radius 1 is 1.04 bits per heavy atom. The van der Waals surface area contributed by atoms with E-state index in [1.807, 2.05) is 25.1 Å². The molecule has 0 spiro atoms. The van der Waals surface area contributed by atoms with E-state index in [0.717, 1.165) is 0 Å². The van der Waals surface area contributed by atoms with Gasteiger partial charge in [0, 0.05) is 18.7 Å². The van der Waals surface area contributed by atoms with Gasteiger partial charge in [-0.1, -0.05) is 30.3 Å². The van der Waals surface area contributed by atoms with E-state index < -0.39 is 12.1 Å². The van der Waals surface area contributed by atoms with Crippen molar-refractivity contribution in [2.45, 2.75) is 13.0 Å². The molecule has 6 nitrogen and oxygen atoms in total. The van der Waals surface area contributed by atoms with E-state index in [2.05, 4.69) is 0 Å². The summed E-state index contributed by atoms with van der Waals surface area (Å²) in [7, 11) is 0. The van der Waals surface area contributed by atoms with Crippen LogP contribution in [0.5, 0.6) is 5.75 Å². The zero-order valence-electron chi connectivity index (χ0n) is 15.3. The molecular formula is C21H23NO5. The van der Waals surface area contributed by atoms with E-state index in [0.29, 0.717) is 49.8 Å². The fraction of sp³-hybridized carbons (Fsp3) is 0.333. The molecule has 1 heterocycles. The van der Waals surface area contributed by atoms with Crippen LogP contribution in [-0.4, -0.2) is 49.7 Å². The van der Waals surface area contributed by atoms with Crippen molar-refractivity contribution in [2.75, 3.05) is 32.9 Å². The Kier molecular flexibility index (Phi) is 6.44. The second kappa shape index (κ2) is 9.19. The van der Waals surface area contributed by atoms with Crippen LogP contribution < -0.4 is 4.74 Å². The lowest BCUT2D eigenvalue weighted by Gasteiger charge is -2.30. The standard InChI is InChI=1S/C21H23NO5/c1-2-26-18-10-8-17(9-11-18)21(24)27-19(16-6-4-3-5-7-16)20(23)22-12-14-25-15-13-22/h3-11,19H,2,12-15H2,1H3/t19-/m1/s1. The Morgan fingerprint density at radius 2 is 1.70 bits per heavy atom. The van der Waals surface area contributed by atoms with Crippen LogP contribution in [0.2, 0.25) is 0 Å². The zero-order chi connectivity index (χ0) is 19.1. The summed E-state index contributed by atoms with van der Waals surface area (Å²) in [4.78, 5) is 27.3. The third kappa shape index (κ3) is 4.86. The Hall–Kier alpha value is -2.86. The first-order valence-electron chi connectivity index (χ1n) is 9.04. The molecule has 0 saturated carbocycles. The van der Waals surface area contributed by atoms with Crippen LogP contribution in [0.4, 0.5) is 0 Å². The van der Waals surface area contributed by atoms with E-state index >= 15 is 0 Å². The summed E-state index contributed by atoms with van der Waals surface area (Å²) >= 11 is 0. The summed E-state index contributed by atoms with van der Waals surface area (Å²) in [6.45, 7) is 4.39. The predicted octanol–water partition coefficient (Wildman–Crippen LogP) is 2.84. The van der Waals surface area contributed by atoms with Crippen molar-refractivity contribution in [3.05, 3.63) is 65.7 Å². The fourth-order valence-electron chi connectivity index (χ4n) is 2.87. The van der Waals surface area contributed by atoms with Crippen molar-refractivity contribution in [1.29, 1.82) is 0 Å². The number of morpholine rings is 1. The topological polar surface area (TPSA) is 65.1 Å². The number of nitrogens with zero attached hydrogens (tertiary/aromatic N) is 1. The fourth-order valence-corrected chi connectivity index (χ4v) is 2.87. The summed E-state index contributed by atoms with van der Waals surface area (Å²) in [5.74, 6) is -0.102. The van der Waals surface area contributed by atoms with Gasteiger partial charge in [-0.25, -0.2) is 4.79 Å². The number of ether oxygens (including phenoxy) is 3. The maximum Gasteiger partial charge on any atom is 0.339 e. The zero-order valence-corrected chi connectivity index (χ0v) is 15.3. The number of carbonyl (C=O) groups is 2. The van der Waals surface area contributed by atoms with Crippen molar-refractivity contribution in [2.24, 2.45) is 0 Å². The number of rotatable bonds is 6. The van der Waals surface area contributed by atoms with Gasteiger partial charge >= 0.3 is 5.97 Å². The molecule has 0 aliphatic carbocycles. The summed E-state index contributed by atoms with van der Waals surface area (Å²) in [5.41, 5.74) is 1.02. The van der Waals surface area contributed by atoms with Crippen LogP contribution in [-0.2, 0) is 14.3 Å². The molecule has 2 aromatic carbocycles. The smallest absolute Gasteiger partial charge is 0.339 e. The van der Waals surface area contributed by atoms with Gasteiger partial charge in [0.1, 0.15) is 5.75 Å². The Balaban J connectivity index is 1.78. The second-order valence-corrected chi connectivity index (χ2v) is 6.09. The van der Waals surface area contributed by atoms with Gasteiger partial charge in [0.05, 0.1) is 25.4 Å².